The molecule has 1 fully saturated rings. The van der Waals surface area contributed by atoms with Crippen molar-refractivity contribution in [2.75, 3.05) is 30.8 Å². The number of benzene rings is 1. The van der Waals surface area contributed by atoms with Crippen molar-refractivity contribution in [3.05, 3.63) is 30.3 Å². The lowest BCUT2D eigenvalue weighted by Crippen LogP contribution is -2.46. The van der Waals surface area contributed by atoms with Gasteiger partial charge in [-0.05, 0) is 31.9 Å². The normalized spacial score (nSPS) is 20.2. The first-order chi connectivity index (χ1) is 9.95. The van der Waals surface area contributed by atoms with Crippen LogP contribution in [0.1, 0.15) is 19.8 Å². The second-order valence-corrected chi connectivity index (χ2v) is 7.59. The van der Waals surface area contributed by atoms with Gasteiger partial charge in [0.25, 0.3) is 0 Å². The van der Waals surface area contributed by atoms with E-state index in [0.29, 0.717) is 13.1 Å². The van der Waals surface area contributed by atoms with Crippen molar-refractivity contribution in [1.29, 1.82) is 0 Å². The average molecular weight is 310 g/mol. The first kappa shape index (κ1) is 16.0. The van der Waals surface area contributed by atoms with Crippen molar-refractivity contribution in [2.24, 2.45) is 5.92 Å². The Kier molecular flexibility index (Phi) is 5.00. The first-order valence-corrected chi connectivity index (χ1v) is 8.87. The smallest absolute Gasteiger partial charge is 0.231 e. The molecular weight excluding hydrogens is 288 g/mol. The van der Waals surface area contributed by atoms with E-state index in [0.717, 1.165) is 18.5 Å². The molecule has 1 saturated heterocycles. The Morgan fingerprint density at radius 1 is 1.33 bits per heavy atom. The lowest BCUT2D eigenvalue weighted by molar-refractivity contribution is -0.123. The SMILES string of the molecule is CCS(=O)(=O)N1CCC[C@H](C(=O)N(C)c2ccccc2)C1. The Morgan fingerprint density at radius 3 is 2.62 bits per heavy atom. The van der Waals surface area contributed by atoms with Crippen LogP contribution in [0.4, 0.5) is 5.69 Å². The summed E-state index contributed by atoms with van der Waals surface area (Å²) >= 11 is 0. The first-order valence-electron chi connectivity index (χ1n) is 7.26. The molecule has 0 bridgehead atoms. The molecule has 1 aromatic rings. The minimum absolute atomic E-state index is 0.0165. The van der Waals surface area contributed by atoms with Crippen LogP contribution in [0.25, 0.3) is 0 Å². The van der Waals surface area contributed by atoms with Crippen molar-refractivity contribution in [3.63, 3.8) is 0 Å². The van der Waals surface area contributed by atoms with E-state index in [9.17, 15) is 13.2 Å². The third-order valence-corrected chi connectivity index (χ3v) is 5.81. The van der Waals surface area contributed by atoms with E-state index in [1.54, 1.807) is 18.9 Å². The van der Waals surface area contributed by atoms with Crippen LogP contribution in [0, 0.1) is 5.92 Å². The van der Waals surface area contributed by atoms with Gasteiger partial charge in [0.1, 0.15) is 0 Å². The molecule has 116 valence electrons. The van der Waals surface area contributed by atoms with Gasteiger partial charge in [0.05, 0.1) is 11.7 Å². The molecule has 6 heteroatoms. The van der Waals surface area contributed by atoms with Gasteiger partial charge in [0.2, 0.25) is 15.9 Å². The highest BCUT2D eigenvalue weighted by molar-refractivity contribution is 7.89. The highest BCUT2D eigenvalue weighted by Crippen LogP contribution is 2.23. The van der Waals surface area contributed by atoms with Crippen molar-refractivity contribution in [2.45, 2.75) is 19.8 Å². The van der Waals surface area contributed by atoms with Gasteiger partial charge in [-0.2, -0.15) is 0 Å². The van der Waals surface area contributed by atoms with E-state index in [1.165, 1.54) is 4.31 Å². The molecule has 1 aromatic carbocycles. The molecule has 0 spiro atoms. The number of piperidine rings is 1. The number of amides is 1. The Balaban J connectivity index is 2.09. The molecule has 1 amide bonds. The topological polar surface area (TPSA) is 57.7 Å². The number of anilines is 1. The van der Waals surface area contributed by atoms with Gasteiger partial charge in [-0.15, -0.1) is 0 Å². The van der Waals surface area contributed by atoms with Crippen molar-refractivity contribution >= 4 is 21.6 Å². The number of carbonyl (C=O) groups is 1. The molecule has 21 heavy (non-hydrogen) atoms. The molecule has 2 rings (SSSR count). The Labute approximate surface area is 126 Å². The number of hydrogen-bond donors (Lipinski definition) is 0. The molecule has 1 heterocycles. The Hall–Kier alpha value is -1.40. The van der Waals surface area contributed by atoms with E-state index >= 15 is 0 Å². The third-order valence-electron chi connectivity index (χ3n) is 3.97. The fourth-order valence-electron chi connectivity index (χ4n) is 2.63. The second-order valence-electron chi connectivity index (χ2n) is 5.33. The summed E-state index contributed by atoms with van der Waals surface area (Å²) in [6.07, 6.45) is 1.48. The van der Waals surface area contributed by atoms with Crippen molar-refractivity contribution in [3.8, 4) is 0 Å². The predicted octanol–water partition coefficient (Wildman–Crippen LogP) is 1.71. The second kappa shape index (κ2) is 6.58. The highest BCUT2D eigenvalue weighted by atomic mass is 32.2. The summed E-state index contributed by atoms with van der Waals surface area (Å²) in [5, 5.41) is 0. The maximum absolute atomic E-state index is 12.6. The van der Waals surface area contributed by atoms with Gasteiger partial charge in [-0.3, -0.25) is 4.79 Å². The lowest BCUT2D eigenvalue weighted by Gasteiger charge is -2.33. The third kappa shape index (κ3) is 3.63. The summed E-state index contributed by atoms with van der Waals surface area (Å²) < 4.78 is 25.4. The standard InChI is InChI=1S/C15H22N2O3S/c1-3-21(19,20)17-11-7-8-13(12-17)15(18)16(2)14-9-5-4-6-10-14/h4-6,9-10,13H,3,7-8,11-12H2,1-2H3/t13-/m0/s1. The largest absolute Gasteiger partial charge is 0.315 e. The van der Waals surface area contributed by atoms with Gasteiger partial charge in [0, 0.05) is 25.8 Å². The zero-order valence-corrected chi connectivity index (χ0v) is 13.3. The molecule has 0 unspecified atom stereocenters. The molecule has 0 radical (unpaired) electrons. The molecule has 5 nitrogen and oxygen atoms in total. The van der Waals surface area contributed by atoms with E-state index in [4.69, 9.17) is 0 Å². The number of carbonyl (C=O) groups excluding carboxylic acids is 1. The van der Waals surface area contributed by atoms with E-state index in [-0.39, 0.29) is 17.6 Å². The molecule has 1 aliphatic heterocycles. The van der Waals surface area contributed by atoms with Crippen molar-refractivity contribution in [1.82, 2.24) is 4.31 Å². The summed E-state index contributed by atoms with van der Waals surface area (Å²) in [6, 6.07) is 9.42. The quantitative estimate of drug-likeness (QED) is 0.850. The van der Waals surface area contributed by atoms with Crippen LogP contribution in [0.5, 0.6) is 0 Å². The summed E-state index contributed by atoms with van der Waals surface area (Å²) in [4.78, 5) is 14.2. The zero-order valence-electron chi connectivity index (χ0n) is 12.5. The fourth-order valence-corrected chi connectivity index (χ4v) is 3.81. The Bertz CT molecular complexity index is 586. The van der Waals surface area contributed by atoms with Crippen LogP contribution in [-0.2, 0) is 14.8 Å². The van der Waals surface area contributed by atoms with Crippen LogP contribution in [0.3, 0.4) is 0 Å². The molecule has 1 aliphatic rings. The summed E-state index contributed by atoms with van der Waals surface area (Å²) in [5.41, 5.74) is 0.831. The average Bonchev–Trinajstić information content (AvgIpc) is 2.54. The van der Waals surface area contributed by atoms with Crippen LogP contribution < -0.4 is 4.90 Å². The van der Waals surface area contributed by atoms with Crippen LogP contribution in [0.2, 0.25) is 0 Å². The van der Waals surface area contributed by atoms with E-state index in [1.807, 2.05) is 30.3 Å². The number of rotatable bonds is 4. The van der Waals surface area contributed by atoms with Gasteiger partial charge < -0.3 is 4.90 Å². The minimum atomic E-state index is -3.22. The highest BCUT2D eigenvalue weighted by Gasteiger charge is 2.32. The molecule has 0 saturated carbocycles. The summed E-state index contributed by atoms with van der Waals surface area (Å²) in [6.45, 7) is 2.46. The maximum Gasteiger partial charge on any atom is 0.231 e. The van der Waals surface area contributed by atoms with Crippen LogP contribution in [0.15, 0.2) is 30.3 Å². The number of para-hydroxylation sites is 1. The molecular formula is C15H22N2O3S. The van der Waals surface area contributed by atoms with E-state index in [2.05, 4.69) is 0 Å². The summed E-state index contributed by atoms with van der Waals surface area (Å²) in [7, 11) is -1.47. The fraction of sp³-hybridized carbons (Fsp3) is 0.533. The van der Waals surface area contributed by atoms with Gasteiger partial charge in [-0.1, -0.05) is 18.2 Å². The molecule has 0 aliphatic carbocycles. The maximum atomic E-state index is 12.6. The monoisotopic (exact) mass is 310 g/mol. The molecule has 0 aromatic heterocycles. The number of sulfonamides is 1. The van der Waals surface area contributed by atoms with Crippen LogP contribution in [-0.4, -0.2) is 44.5 Å². The van der Waals surface area contributed by atoms with Gasteiger partial charge in [-0.25, -0.2) is 12.7 Å². The zero-order chi connectivity index (χ0) is 15.5. The number of nitrogens with zero attached hydrogens (tertiary/aromatic N) is 2. The molecule has 0 N–H and O–H groups in total. The minimum Gasteiger partial charge on any atom is -0.315 e. The van der Waals surface area contributed by atoms with Gasteiger partial charge >= 0.3 is 0 Å². The van der Waals surface area contributed by atoms with Crippen LogP contribution >= 0.6 is 0 Å². The Morgan fingerprint density at radius 2 is 2.00 bits per heavy atom. The predicted molar refractivity (Wildman–Crippen MR) is 83.6 cm³/mol. The van der Waals surface area contributed by atoms with Crippen molar-refractivity contribution < 1.29 is 13.2 Å². The summed E-state index contributed by atoms with van der Waals surface area (Å²) in [5.74, 6) is -0.190. The number of hydrogen-bond acceptors (Lipinski definition) is 3. The van der Waals surface area contributed by atoms with E-state index < -0.39 is 10.0 Å². The lowest BCUT2D eigenvalue weighted by atomic mass is 9.98. The van der Waals surface area contributed by atoms with Gasteiger partial charge in [0.15, 0.2) is 0 Å². The molecule has 1 atom stereocenters.